The van der Waals surface area contributed by atoms with Crippen LogP contribution < -0.4 is 10.0 Å². The van der Waals surface area contributed by atoms with Gasteiger partial charge in [-0.25, -0.2) is 8.42 Å². The van der Waals surface area contributed by atoms with Crippen LogP contribution in [0.1, 0.15) is 30.6 Å². The van der Waals surface area contributed by atoms with Gasteiger partial charge in [-0.2, -0.15) is 8.78 Å². The summed E-state index contributed by atoms with van der Waals surface area (Å²) >= 11 is 0.378. The lowest BCUT2D eigenvalue weighted by molar-refractivity contribution is 0.0939. The zero-order valence-electron chi connectivity index (χ0n) is 14.8. The van der Waals surface area contributed by atoms with Crippen molar-refractivity contribution in [3.05, 3.63) is 54.1 Å². The second kappa shape index (κ2) is 9.18. The predicted molar refractivity (Wildman–Crippen MR) is 103 cm³/mol. The summed E-state index contributed by atoms with van der Waals surface area (Å²) in [7, 11) is -3.92. The molecule has 2 N–H and O–H groups in total. The Bertz CT molecular complexity index is 888. The molecule has 0 aliphatic heterocycles. The molecule has 0 bridgehead atoms. The summed E-state index contributed by atoms with van der Waals surface area (Å²) in [6.07, 6.45) is 0.755. The molecular weight excluding hydrogens is 394 g/mol. The standard InChI is InChI=1S/C18H20F2N2O3S2/c1-3-12(2)21-17(23)13-5-4-6-16(11-13)27(24,25)22-14-7-9-15(10-8-14)26-18(19)20/h4-12,18,22H,3H2,1-2H3,(H,21,23). The zero-order valence-corrected chi connectivity index (χ0v) is 16.4. The van der Waals surface area contributed by atoms with Crippen molar-refractivity contribution < 1.29 is 22.0 Å². The Labute approximate surface area is 161 Å². The van der Waals surface area contributed by atoms with Crippen molar-refractivity contribution in [1.29, 1.82) is 0 Å². The van der Waals surface area contributed by atoms with Gasteiger partial charge in [0.2, 0.25) is 0 Å². The number of benzene rings is 2. The van der Waals surface area contributed by atoms with Gasteiger partial charge in [0.1, 0.15) is 0 Å². The number of nitrogens with one attached hydrogen (secondary N) is 2. The van der Waals surface area contributed by atoms with Crippen LogP contribution in [0.3, 0.4) is 0 Å². The summed E-state index contributed by atoms with van der Waals surface area (Å²) < 4.78 is 52.2. The number of carbonyl (C=O) groups is 1. The third-order valence-electron chi connectivity index (χ3n) is 3.73. The van der Waals surface area contributed by atoms with E-state index in [9.17, 15) is 22.0 Å². The lowest BCUT2D eigenvalue weighted by Crippen LogP contribution is -2.32. The molecule has 0 heterocycles. The zero-order chi connectivity index (χ0) is 20.0. The van der Waals surface area contributed by atoms with Gasteiger partial charge in [0.05, 0.1) is 4.90 Å². The molecule has 146 valence electrons. The first-order chi connectivity index (χ1) is 12.7. The van der Waals surface area contributed by atoms with Crippen molar-refractivity contribution in [2.75, 3.05) is 4.72 Å². The fraction of sp³-hybridized carbons (Fsp3) is 0.278. The molecule has 0 radical (unpaired) electrons. The monoisotopic (exact) mass is 414 g/mol. The van der Waals surface area contributed by atoms with Crippen LogP contribution in [0.15, 0.2) is 58.3 Å². The van der Waals surface area contributed by atoms with Gasteiger partial charge in [-0.05, 0) is 55.8 Å². The van der Waals surface area contributed by atoms with E-state index in [4.69, 9.17) is 0 Å². The molecule has 0 saturated carbocycles. The SMILES string of the molecule is CCC(C)NC(=O)c1cccc(S(=O)(=O)Nc2ccc(SC(F)F)cc2)c1. The number of hydrogen-bond donors (Lipinski definition) is 2. The summed E-state index contributed by atoms with van der Waals surface area (Å²) in [5.74, 6) is -2.90. The number of rotatable bonds is 8. The smallest absolute Gasteiger partial charge is 0.288 e. The second-order valence-corrected chi connectivity index (χ2v) is 8.56. The Balaban J connectivity index is 2.16. The maximum Gasteiger partial charge on any atom is 0.288 e. The molecule has 0 fully saturated rings. The highest BCUT2D eigenvalue weighted by Crippen LogP contribution is 2.27. The minimum absolute atomic E-state index is 0.0273. The number of alkyl halides is 2. The van der Waals surface area contributed by atoms with Crippen molar-refractivity contribution >= 4 is 33.4 Å². The Morgan fingerprint density at radius 3 is 2.41 bits per heavy atom. The van der Waals surface area contributed by atoms with Gasteiger partial charge < -0.3 is 5.32 Å². The Morgan fingerprint density at radius 2 is 1.81 bits per heavy atom. The van der Waals surface area contributed by atoms with Crippen LogP contribution in [0, 0.1) is 0 Å². The van der Waals surface area contributed by atoms with Crippen molar-refractivity contribution in [2.45, 2.75) is 41.9 Å². The number of thioether (sulfide) groups is 1. The molecule has 9 heteroatoms. The molecule has 0 spiro atoms. The van der Waals surface area contributed by atoms with Crippen LogP contribution in [0.2, 0.25) is 0 Å². The van der Waals surface area contributed by atoms with Crippen molar-refractivity contribution in [1.82, 2.24) is 5.32 Å². The topological polar surface area (TPSA) is 75.3 Å². The van der Waals surface area contributed by atoms with E-state index in [1.807, 2.05) is 13.8 Å². The molecule has 0 aromatic heterocycles. The minimum atomic E-state index is -3.92. The summed E-state index contributed by atoms with van der Waals surface area (Å²) in [6, 6.07) is 11.3. The molecule has 2 aromatic carbocycles. The summed E-state index contributed by atoms with van der Waals surface area (Å²) in [5.41, 5.74) is 0.477. The molecule has 0 aliphatic carbocycles. The average Bonchev–Trinajstić information content (AvgIpc) is 2.62. The van der Waals surface area contributed by atoms with Crippen LogP contribution in [-0.4, -0.2) is 26.1 Å². The molecule has 0 saturated heterocycles. The molecular formula is C18H20F2N2O3S2. The lowest BCUT2D eigenvalue weighted by Gasteiger charge is -2.13. The van der Waals surface area contributed by atoms with Crippen LogP contribution in [0.5, 0.6) is 0 Å². The first kappa shape index (κ1) is 21.2. The van der Waals surface area contributed by atoms with Gasteiger partial charge >= 0.3 is 0 Å². The molecule has 1 amide bonds. The van der Waals surface area contributed by atoms with E-state index in [2.05, 4.69) is 10.0 Å². The van der Waals surface area contributed by atoms with Crippen LogP contribution in [-0.2, 0) is 10.0 Å². The lowest BCUT2D eigenvalue weighted by atomic mass is 10.2. The molecule has 5 nitrogen and oxygen atoms in total. The fourth-order valence-corrected chi connectivity index (χ4v) is 3.74. The Kier molecular flexibility index (Phi) is 7.20. The van der Waals surface area contributed by atoms with Crippen molar-refractivity contribution in [3.63, 3.8) is 0 Å². The minimum Gasteiger partial charge on any atom is -0.350 e. The maximum absolute atomic E-state index is 12.5. The summed E-state index contributed by atoms with van der Waals surface area (Å²) in [6.45, 7) is 3.79. The normalized spacial score (nSPS) is 12.6. The molecule has 2 aromatic rings. The van der Waals surface area contributed by atoms with Crippen LogP contribution in [0.4, 0.5) is 14.5 Å². The largest absolute Gasteiger partial charge is 0.350 e. The second-order valence-electron chi connectivity index (χ2n) is 5.82. The van der Waals surface area contributed by atoms with Crippen molar-refractivity contribution in [2.24, 2.45) is 0 Å². The predicted octanol–water partition coefficient (Wildman–Crippen LogP) is 4.33. The number of sulfonamides is 1. The van der Waals surface area contributed by atoms with E-state index >= 15 is 0 Å². The fourth-order valence-electron chi connectivity index (χ4n) is 2.13. The molecule has 1 atom stereocenters. The Morgan fingerprint density at radius 1 is 1.15 bits per heavy atom. The molecule has 0 aliphatic rings. The quantitative estimate of drug-likeness (QED) is 0.631. The third-order valence-corrected chi connectivity index (χ3v) is 5.83. The van der Waals surface area contributed by atoms with E-state index in [-0.39, 0.29) is 28.1 Å². The number of anilines is 1. The van der Waals surface area contributed by atoms with E-state index in [0.717, 1.165) is 6.42 Å². The summed E-state index contributed by atoms with van der Waals surface area (Å²) in [4.78, 5) is 12.5. The van der Waals surface area contributed by atoms with Crippen molar-refractivity contribution in [3.8, 4) is 0 Å². The molecule has 1 unspecified atom stereocenters. The van der Waals surface area contributed by atoms with E-state index in [0.29, 0.717) is 16.7 Å². The molecule has 27 heavy (non-hydrogen) atoms. The van der Waals surface area contributed by atoms with Gasteiger partial charge in [0.25, 0.3) is 21.7 Å². The highest BCUT2D eigenvalue weighted by molar-refractivity contribution is 7.99. The van der Waals surface area contributed by atoms with Crippen LogP contribution >= 0.6 is 11.8 Å². The van der Waals surface area contributed by atoms with Gasteiger partial charge in [-0.15, -0.1) is 0 Å². The number of carbonyl (C=O) groups excluding carboxylic acids is 1. The van der Waals surface area contributed by atoms with E-state index in [1.165, 1.54) is 48.5 Å². The van der Waals surface area contributed by atoms with Gasteiger partial charge in [-0.1, -0.05) is 24.8 Å². The molecule has 2 rings (SSSR count). The van der Waals surface area contributed by atoms with Gasteiger partial charge in [0.15, 0.2) is 0 Å². The highest BCUT2D eigenvalue weighted by Gasteiger charge is 2.17. The first-order valence-electron chi connectivity index (χ1n) is 8.20. The Hall–Kier alpha value is -2.13. The van der Waals surface area contributed by atoms with E-state index < -0.39 is 15.8 Å². The van der Waals surface area contributed by atoms with Gasteiger partial charge in [-0.3, -0.25) is 9.52 Å². The van der Waals surface area contributed by atoms with Crippen LogP contribution in [0.25, 0.3) is 0 Å². The number of amides is 1. The van der Waals surface area contributed by atoms with E-state index in [1.54, 1.807) is 0 Å². The number of hydrogen-bond acceptors (Lipinski definition) is 4. The first-order valence-corrected chi connectivity index (χ1v) is 10.6. The van der Waals surface area contributed by atoms with Gasteiger partial charge in [0, 0.05) is 22.2 Å². The average molecular weight is 414 g/mol. The number of halogens is 2. The highest BCUT2D eigenvalue weighted by atomic mass is 32.2. The maximum atomic E-state index is 12.5. The summed E-state index contributed by atoms with van der Waals surface area (Å²) in [5, 5.41) is 2.78. The third kappa shape index (κ3) is 6.21.